The van der Waals surface area contributed by atoms with E-state index in [2.05, 4.69) is 0 Å². The number of nitro groups is 1. The zero-order valence-electron chi connectivity index (χ0n) is 17.1. The van der Waals surface area contributed by atoms with Crippen molar-refractivity contribution < 1.29 is 36.6 Å². The van der Waals surface area contributed by atoms with Crippen LogP contribution in [0.25, 0.3) is 0 Å². The summed E-state index contributed by atoms with van der Waals surface area (Å²) in [6, 6.07) is 4.92. The molecule has 2 amide bonds. The second-order valence-electron chi connectivity index (χ2n) is 7.07. The van der Waals surface area contributed by atoms with Crippen LogP contribution in [0.2, 0.25) is 0 Å². The van der Waals surface area contributed by atoms with Gasteiger partial charge in [0.15, 0.2) is 0 Å². The number of hydrogen-bond donors (Lipinski definition) is 1. The van der Waals surface area contributed by atoms with Crippen molar-refractivity contribution in [3.63, 3.8) is 0 Å². The van der Waals surface area contributed by atoms with E-state index in [9.17, 15) is 28.1 Å². The van der Waals surface area contributed by atoms with E-state index in [4.69, 9.17) is 19.4 Å². The van der Waals surface area contributed by atoms with Crippen LogP contribution in [0.3, 0.4) is 0 Å². The van der Waals surface area contributed by atoms with Gasteiger partial charge in [0.05, 0.1) is 36.5 Å². The molecule has 1 fully saturated rings. The first-order valence-electron chi connectivity index (χ1n) is 9.46. The molecule has 172 valence electrons. The number of rotatable bonds is 10. The smallest absolute Gasteiger partial charge is 0.410 e. The van der Waals surface area contributed by atoms with Crippen molar-refractivity contribution >= 4 is 27.8 Å². The molecule has 1 aliphatic rings. The molecule has 1 unspecified atom stereocenters. The normalized spacial score (nSPS) is 19.7. The Kier molecular flexibility index (Phi) is 8.30. The molecule has 0 spiro atoms. The van der Waals surface area contributed by atoms with Crippen LogP contribution in [0.4, 0.5) is 10.5 Å². The van der Waals surface area contributed by atoms with Crippen LogP contribution in [-0.2, 0) is 35.2 Å². The number of amides is 2. The van der Waals surface area contributed by atoms with Crippen molar-refractivity contribution in [2.24, 2.45) is 5.73 Å². The van der Waals surface area contributed by atoms with Crippen LogP contribution < -0.4 is 5.73 Å². The number of nitrogens with zero attached hydrogens (tertiary/aromatic N) is 2. The molecule has 0 saturated carbocycles. The van der Waals surface area contributed by atoms with Crippen LogP contribution in [0.1, 0.15) is 25.3 Å². The van der Waals surface area contributed by atoms with Gasteiger partial charge in [0, 0.05) is 12.1 Å². The fourth-order valence-corrected chi connectivity index (χ4v) is 3.78. The van der Waals surface area contributed by atoms with Crippen LogP contribution in [0, 0.1) is 10.1 Å². The van der Waals surface area contributed by atoms with Gasteiger partial charge in [0.2, 0.25) is 5.91 Å². The van der Waals surface area contributed by atoms with Crippen LogP contribution in [-0.4, -0.2) is 67.9 Å². The summed E-state index contributed by atoms with van der Waals surface area (Å²) in [7, 11) is -3.74. The quantitative estimate of drug-likeness (QED) is 0.304. The summed E-state index contributed by atoms with van der Waals surface area (Å²) < 4.78 is 38.7. The Morgan fingerprint density at radius 3 is 2.48 bits per heavy atom. The van der Waals surface area contributed by atoms with E-state index < -0.39 is 45.3 Å². The maximum Gasteiger partial charge on any atom is 0.410 e. The molecule has 1 heterocycles. The van der Waals surface area contributed by atoms with E-state index in [1.807, 2.05) is 0 Å². The number of carbonyl (C=O) groups is 2. The van der Waals surface area contributed by atoms with E-state index in [-0.39, 0.29) is 31.9 Å². The van der Waals surface area contributed by atoms with Gasteiger partial charge in [-0.15, -0.1) is 0 Å². The average molecular weight is 459 g/mol. The molecule has 2 N–H and O–H groups in total. The van der Waals surface area contributed by atoms with E-state index >= 15 is 0 Å². The maximum absolute atomic E-state index is 12.6. The minimum atomic E-state index is -3.74. The van der Waals surface area contributed by atoms with Gasteiger partial charge in [0.1, 0.15) is 12.7 Å². The molecular weight excluding hydrogens is 434 g/mol. The van der Waals surface area contributed by atoms with Crippen LogP contribution in [0.5, 0.6) is 0 Å². The minimum absolute atomic E-state index is 0.0481. The largest absolute Gasteiger partial charge is 0.445 e. The van der Waals surface area contributed by atoms with Gasteiger partial charge in [-0.3, -0.25) is 19.1 Å². The third-order valence-corrected chi connectivity index (χ3v) is 5.23. The maximum atomic E-state index is 12.6. The highest BCUT2D eigenvalue weighted by Gasteiger charge is 2.39. The zero-order valence-corrected chi connectivity index (χ0v) is 17.9. The summed E-state index contributed by atoms with van der Waals surface area (Å²) >= 11 is 0. The second kappa shape index (κ2) is 10.5. The van der Waals surface area contributed by atoms with Crippen molar-refractivity contribution in [3.8, 4) is 0 Å². The first-order chi connectivity index (χ1) is 14.5. The molecule has 2 rings (SSSR count). The number of non-ortho nitro benzene ring substituents is 1. The number of hydrogen-bond acceptors (Lipinski definition) is 9. The fourth-order valence-electron chi connectivity index (χ4n) is 3.14. The van der Waals surface area contributed by atoms with Crippen molar-refractivity contribution in [3.05, 3.63) is 39.9 Å². The van der Waals surface area contributed by atoms with Gasteiger partial charge in [-0.05, 0) is 30.5 Å². The molecule has 0 aliphatic carbocycles. The highest BCUT2D eigenvalue weighted by Crippen LogP contribution is 2.24. The van der Waals surface area contributed by atoms with E-state index in [0.717, 1.165) is 6.26 Å². The van der Waals surface area contributed by atoms with Gasteiger partial charge in [0.25, 0.3) is 15.8 Å². The number of benzene rings is 1. The first-order valence-corrected chi connectivity index (χ1v) is 11.3. The second-order valence-corrected chi connectivity index (χ2v) is 8.68. The Bertz CT molecular complexity index is 904. The molecule has 12 nitrogen and oxygen atoms in total. The van der Waals surface area contributed by atoms with Gasteiger partial charge in [-0.1, -0.05) is 6.92 Å². The van der Waals surface area contributed by atoms with Crippen LogP contribution in [0.15, 0.2) is 24.3 Å². The molecule has 1 aromatic carbocycles. The van der Waals surface area contributed by atoms with Crippen molar-refractivity contribution in [1.29, 1.82) is 0 Å². The fraction of sp³-hybridized carbons (Fsp3) is 0.556. The number of ether oxygens (including phenoxy) is 2. The average Bonchev–Trinajstić information content (AvgIpc) is 3.07. The molecule has 0 radical (unpaired) electrons. The summed E-state index contributed by atoms with van der Waals surface area (Å²) in [5, 5.41) is 10.7. The summed E-state index contributed by atoms with van der Waals surface area (Å²) in [4.78, 5) is 35.4. The lowest BCUT2D eigenvalue weighted by Gasteiger charge is -2.25. The van der Waals surface area contributed by atoms with E-state index in [1.54, 1.807) is 6.92 Å². The predicted molar refractivity (Wildman–Crippen MR) is 107 cm³/mol. The third-order valence-electron chi connectivity index (χ3n) is 4.61. The summed E-state index contributed by atoms with van der Waals surface area (Å²) in [6.07, 6.45) is -0.949. The Labute approximate surface area is 179 Å². The van der Waals surface area contributed by atoms with Gasteiger partial charge in [-0.2, -0.15) is 8.42 Å². The molecular formula is C18H25N3O9S. The number of nitrogens with two attached hydrogens (primary N) is 1. The number of carbonyl (C=O) groups excluding carboxylic acids is 2. The Balaban J connectivity index is 2.03. The molecule has 0 aromatic heterocycles. The summed E-state index contributed by atoms with van der Waals surface area (Å²) in [5.74, 6) is -0.642. The molecule has 1 aliphatic heterocycles. The topological polar surface area (TPSA) is 168 Å². The van der Waals surface area contributed by atoms with Gasteiger partial charge >= 0.3 is 6.09 Å². The lowest BCUT2D eigenvalue weighted by atomic mass is 10.2. The monoisotopic (exact) mass is 459 g/mol. The molecule has 31 heavy (non-hydrogen) atoms. The molecule has 13 heteroatoms. The summed E-state index contributed by atoms with van der Waals surface area (Å²) in [6.45, 7) is 1.47. The third kappa shape index (κ3) is 7.45. The van der Waals surface area contributed by atoms with E-state index in [0.29, 0.717) is 12.0 Å². The van der Waals surface area contributed by atoms with E-state index in [1.165, 1.54) is 29.2 Å². The number of nitro benzene ring substituents is 1. The number of likely N-dealkylation sites (tertiary alicyclic amines) is 1. The predicted octanol–water partition coefficient (Wildman–Crippen LogP) is 0.931. The highest BCUT2D eigenvalue weighted by molar-refractivity contribution is 7.86. The molecule has 3 atom stereocenters. The standard InChI is InChI=1S/C18H25N3O9S/c1-3-16(17(19)22)28-11-14-8-15(30-31(2,26)27)9-20(14)18(23)29-10-12-4-6-13(7-5-12)21(24)25/h4-7,14-16H,3,8-11H2,1-2H3,(H2,19,22)/t14-,15+,16?/m0/s1. The lowest BCUT2D eigenvalue weighted by Crippen LogP contribution is -2.41. The zero-order chi connectivity index (χ0) is 23.2. The Hall–Kier alpha value is -2.77. The Morgan fingerprint density at radius 2 is 1.97 bits per heavy atom. The van der Waals surface area contributed by atoms with Gasteiger partial charge in [-0.25, -0.2) is 4.79 Å². The molecule has 1 saturated heterocycles. The molecule has 0 bridgehead atoms. The first kappa shape index (κ1) is 24.5. The lowest BCUT2D eigenvalue weighted by molar-refractivity contribution is -0.384. The van der Waals surface area contributed by atoms with Crippen LogP contribution >= 0.6 is 0 Å². The SMILES string of the molecule is CCC(OC[C@@H]1C[C@@H](OS(C)(=O)=O)CN1C(=O)OCc1ccc([N+](=O)[O-])cc1)C(N)=O. The molecule has 1 aromatic rings. The number of primary amides is 1. The minimum Gasteiger partial charge on any atom is -0.445 e. The van der Waals surface area contributed by atoms with Crippen molar-refractivity contribution in [2.45, 2.75) is 44.6 Å². The van der Waals surface area contributed by atoms with Gasteiger partial charge < -0.3 is 20.1 Å². The van der Waals surface area contributed by atoms with Crippen molar-refractivity contribution in [1.82, 2.24) is 4.90 Å². The Morgan fingerprint density at radius 1 is 1.32 bits per heavy atom. The highest BCUT2D eigenvalue weighted by atomic mass is 32.2. The summed E-state index contributed by atoms with van der Waals surface area (Å²) in [5.41, 5.74) is 5.71. The van der Waals surface area contributed by atoms with Crippen molar-refractivity contribution in [2.75, 3.05) is 19.4 Å².